The molecule has 0 aromatic heterocycles. The molecule has 11 heteroatoms. The highest BCUT2D eigenvalue weighted by atomic mass is 16.5. The molecule has 4 fully saturated rings. The van der Waals surface area contributed by atoms with Gasteiger partial charge in [0.15, 0.2) is 0 Å². The van der Waals surface area contributed by atoms with Gasteiger partial charge in [-0.05, 0) is 48.3 Å². The molecule has 0 saturated carbocycles. The molecular formula is C44H62N2O9. The second-order valence-electron chi connectivity index (χ2n) is 15.5. The van der Waals surface area contributed by atoms with Crippen molar-refractivity contribution in [2.75, 3.05) is 52.6 Å². The number of β-amino-alcohol motifs (C(OH)–C–C–N with tert-alkyl or cyclic N) is 1. The van der Waals surface area contributed by atoms with E-state index in [-0.39, 0.29) is 43.6 Å². The Kier molecular flexibility index (Phi) is 16.5. The van der Waals surface area contributed by atoms with Gasteiger partial charge in [-0.3, -0.25) is 9.80 Å². The van der Waals surface area contributed by atoms with Crippen LogP contribution in [0.5, 0.6) is 0 Å². The first kappa shape index (κ1) is 41.8. The predicted molar refractivity (Wildman–Crippen MR) is 209 cm³/mol. The molecular weight excluding hydrogens is 700 g/mol. The molecule has 302 valence electrons. The maximum atomic E-state index is 9.80. The fourth-order valence-corrected chi connectivity index (χ4v) is 8.33. The van der Waals surface area contributed by atoms with Crippen LogP contribution in [0.2, 0.25) is 0 Å². The van der Waals surface area contributed by atoms with E-state index in [1.165, 1.54) is 16.7 Å². The average Bonchev–Trinajstić information content (AvgIpc) is 3.93. The highest BCUT2D eigenvalue weighted by Gasteiger charge is 2.45. The van der Waals surface area contributed by atoms with Crippen molar-refractivity contribution >= 4 is 0 Å². The Bertz CT molecular complexity index is 1480. The summed E-state index contributed by atoms with van der Waals surface area (Å²) in [7, 11) is 0. The third-order valence-corrected chi connectivity index (χ3v) is 11.4. The summed E-state index contributed by atoms with van der Waals surface area (Å²) in [5.74, 6) is 0.311. The Morgan fingerprint density at radius 2 is 1.11 bits per heavy atom. The summed E-state index contributed by atoms with van der Waals surface area (Å²) < 4.78 is 31.3. The molecule has 0 aliphatic carbocycles. The molecule has 4 aliphatic heterocycles. The van der Waals surface area contributed by atoms with Crippen molar-refractivity contribution in [2.45, 2.75) is 107 Å². The third-order valence-electron chi connectivity index (χ3n) is 11.4. The minimum atomic E-state index is -1.19. The summed E-state index contributed by atoms with van der Waals surface area (Å²) in [5, 5.41) is 38.3. The second-order valence-corrected chi connectivity index (χ2v) is 15.5. The van der Waals surface area contributed by atoms with Crippen molar-refractivity contribution in [3.63, 3.8) is 0 Å². The standard InChI is InChI=1S/C33H41NO4.C11H21NO5/c1-26-20-34(21-30-18-11-19-36-30)31(25-35-22-27-12-5-2-6-13-27)33(38-24-29-16-9-4-10-17-29)32(26)37-23-28-14-7-3-8-15-28;13-6-8-10(15)11(16)9(14)5-12(8)4-7-2-1-3-17-7/h2-10,12-17,26,30-33H,11,18-25H2,1H3;7-11,13-16H,1-6H2/t26-,30?,31+,32+,33+;7?,8-,9+,10-,11-/m01/s1. The van der Waals surface area contributed by atoms with E-state index in [0.717, 1.165) is 52.0 Å². The lowest BCUT2D eigenvalue weighted by atomic mass is 9.87. The lowest BCUT2D eigenvalue weighted by molar-refractivity contribution is -0.179. The van der Waals surface area contributed by atoms with Gasteiger partial charge in [0.2, 0.25) is 0 Å². The maximum absolute atomic E-state index is 9.80. The summed E-state index contributed by atoms with van der Waals surface area (Å²) in [5.41, 5.74) is 3.53. The zero-order valence-electron chi connectivity index (χ0n) is 32.3. The summed E-state index contributed by atoms with van der Waals surface area (Å²) in [6.07, 6.45) is 1.16. The van der Waals surface area contributed by atoms with E-state index in [1.807, 2.05) is 18.2 Å². The molecule has 3 aromatic carbocycles. The van der Waals surface area contributed by atoms with Crippen LogP contribution in [0.4, 0.5) is 0 Å². The highest BCUT2D eigenvalue weighted by Crippen LogP contribution is 2.31. The van der Waals surface area contributed by atoms with Crippen LogP contribution >= 0.6 is 0 Å². The number of ether oxygens (including phenoxy) is 5. The smallest absolute Gasteiger partial charge is 0.109 e. The number of piperidine rings is 2. The minimum Gasteiger partial charge on any atom is -0.395 e. The van der Waals surface area contributed by atoms with Crippen LogP contribution in [0.1, 0.15) is 49.3 Å². The Hall–Kier alpha value is -2.78. The van der Waals surface area contributed by atoms with Crippen LogP contribution in [0.3, 0.4) is 0 Å². The van der Waals surface area contributed by atoms with Crippen molar-refractivity contribution in [1.29, 1.82) is 0 Å². The molecule has 3 aromatic rings. The normalized spacial score (nSPS) is 31.6. The van der Waals surface area contributed by atoms with Gasteiger partial charge in [-0.2, -0.15) is 0 Å². The quantitative estimate of drug-likeness (QED) is 0.180. The SMILES string of the molecule is C[C@H]1CN(CC2CCCO2)[C@H](COCc2ccccc2)[C@@H](OCc2ccccc2)[C@@H]1OCc1ccccc1.OC[C@@H]1[C@@H](O)[C@H](O)[C@@H](O)CN1CC1CCCO1. The molecule has 55 heavy (non-hydrogen) atoms. The van der Waals surface area contributed by atoms with Gasteiger partial charge in [0.1, 0.15) is 18.3 Å². The Labute approximate surface area is 326 Å². The summed E-state index contributed by atoms with van der Waals surface area (Å²) in [6, 6.07) is 30.8. The van der Waals surface area contributed by atoms with E-state index >= 15 is 0 Å². The molecule has 4 saturated heterocycles. The summed E-state index contributed by atoms with van der Waals surface area (Å²) in [6.45, 7) is 8.61. The van der Waals surface area contributed by atoms with E-state index < -0.39 is 24.4 Å². The number of likely N-dealkylation sites (tertiary alicyclic amines) is 2. The van der Waals surface area contributed by atoms with Gasteiger partial charge in [-0.25, -0.2) is 0 Å². The van der Waals surface area contributed by atoms with Crippen molar-refractivity contribution in [1.82, 2.24) is 9.80 Å². The average molecular weight is 763 g/mol. The van der Waals surface area contributed by atoms with E-state index in [2.05, 4.69) is 84.6 Å². The molecule has 4 aliphatic rings. The first-order valence-electron chi connectivity index (χ1n) is 20.2. The van der Waals surface area contributed by atoms with E-state index in [0.29, 0.717) is 38.9 Å². The molecule has 0 radical (unpaired) electrons. The molecule has 11 nitrogen and oxygen atoms in total. The van der Waals surface area contributed by atoms with Crippen LogP contribution in [-0.2, 0) is 43.5 Å². The monoisotopic (exact) mass is 762 g/mol. The zero-order chi connectivity index (χ0) is 38.4. The lowest BCUT2D eigenvalue weighted by Gasteiger charge is -2.48. The van der Waals surface area contributed by atoms with Gasteiger partial charge < -0.3 is 44.1 Å². The number of nitrogens with zero attached hydrogens (tertiary/aromatic N) is 2. The van der Waals surface area contributed by atoms with Crippen LogP contribution in [0.15, 0.2) is 91.0 Å². The maximum Gasteiger partial charge on any atom is 0.109 e. The van der Waals surface area contributed by atoms with Gasteiger partial charge in [0.25, 0.3) is 0 Å². The van der Waals surface area contributed by atoms with Crippen LogP contribution < -0.4 is 0 Å². The first-order valence-corrected chi connectivity index (χ1v) is 20.2. The number of hydrogen-bond acceptors (Lipinski definition) is 11. The van der Waals surface area contributed by atoms with Gasteiger partial charge in [-0.1, -0.05) is 97.9 Å². The molecule has 0 spiro atoms. The zero-order valence-corrected chi connectivity index (χ0v) is 32.3. The van der Waals surface area contributed by atoms with Gasteiger partial charge in [-0.15, -0.1) is 0 Å². The van der Waals surface area contributed by atoms with Crippen LogP contribution in [-0.4, -0.2) is 138 Å². The van der Waals surface area contributed by atoms with Gasteiger partial charge in [0.05, 0.1) is 69.5 Å². The Morgan fingerprint density at radius 1 is 0.618 bits per heavy atom. The Morgan fingerprint density at radius 3 is 1.60 bits per heavy atom. The molecule has 0 amide bonds. The molecule has 0 bridgehead atoms. The van der Waals surface area contributed by atoms with Crippen molar-refractivity contribution in [2.24, 2.45) is 5.92 Å². The van der Waals surface area contributed by atoms with E-state index in [1.54, 1.807) is 4.90 Å². The fraction of sp³-hybridized carbons (Fsp3) is 0.591. The van der Waals surface area contributed by atoms with Crippen LogP contribution in [0, 0.1) is 5.92 Å². The van der Waals surface area contributed by atoms with E-state index in [9.17, 15) is 20.4 Å². The second kappa shape index (κ2) is 21.7. The number of hydrogen-bond donors (Lipinski definition) is 4. The highest BCUT2D eigenvalue weighted by molar-refractivity contribution is 5.15. The molecule has 4 heterocycles. The predicted octanol–water partition coefficient (Wildman–Crippen LogP) is 3.80. The Balaban J connectivity index is 0.000000252. The van der Waals surface area contributed by atoms with Gasteiger partial charge in [0, 0.05) is 39.4 Å². The molecule has 7 rings (SSSR count). The number of aliphatic hydroxyl groups is 4. The number of aliphatic hydroxyl groups excluding tert-OH is 4. The topological polar surface area (TPSA) is 134 Å². The van der Waals surface area contributed by atoms with Crippen molar-refractivity contribution in [3.8, 4) is 0 Å². The van der Waals surface area contributed by atoms with Crippen molar-refractivity contribution in [3.05, 3.63) is 108 Å². The minimum absolute atomic E-state index is 0.0370. The molecule has 4 N–H and O–H groups in total. The van der Waals surface area contributed by atoms with Crippen LogP contribution in [0.25, 0.3) is 0 Å². The van der Waals surface area contributed by atoms with Crippen molar-refractivity contribution < 1.29 is 44.1 Å². The largest absolute Gasteiger partial charge is 0.395 e. The number of benzene rings is 3. The molecule has 2 unspecified atom stereocenters. The molecule has 10 atom stereocenters. The summed E-state index contributed by atoms with van der Waals surface area (Å²) in [4.78, 5) is 4.35. The van der Waals surface area contributed by atoms with E-state index in [4.69, 9.17) is 23.7 Å². The number of rotatable bonds is 15. The fourth-order valence-electron chi connectivity index (χ4n) is 8.33. The summed E-state index contributed by atoms with van der Waals surface area (Å²) >= 11 is 0. The first-order chi connectivity index (χ1) is 26.9. The third kappa shape index (κ3) is 12.1. The lowest BCUT2D eigenvalue weighted by Crippen LogP contribution is -2.63. The van der Waals surface area contributed by atoms with Gasteiger partial charge >= 0.3 is 0 Å².